The first-order valence-corrected chi connectivity index (χ1v) is 13.1. The molecule has 10 heteroatoms. The van der Waals surface area contributed by atoms with Gasteiger partial charge < -0.3 is 0 Å². The molecule has 35 heavy (non-hydrogen) atoms. The Morgan fingerprint density at radius 2 is 1.63 bits per heavy atom. The molecule has 2 aliphatic rings. The van der Waals surface area contributed by atoms with E-state index in [4.69, 9.17) is 0 Å². The summed E-state index contributed by atoms with van der Waals surface area (Å²) < 4.78 is 65.9. The zero-order valence-electron chi connectivity index (χ0n) is 19.9. The summed E-state index contributed by atoms with van der Waals surface area (Å²) in [5.41, 5.74) is -4.68. The Hall–Kier alpha value is -2.46. The van der Waals surface area contributed by atoms with E-state index in [-0.39, 0.29) is 16.2 Å². The van der Waals surface area contributed by atoms with Gasteiger partial charge in [0.05, 0.1) is 11.1 Å². The zero-order valence-corrected chi connectivity index (χ0v) is 20.7. The molecule has 1 aliphatic heterocycles. The van der Waals surface area contributed by atoms with E-state index in [0.717, 1.165) is 30.4 Å². The van der Waals surface area contributed by atoms with Gasteiger partial charge in [-0.15, -0.1) is 9.35 Å². The summed E-state index contributed by atoms with van der Waals surface area (Å²) in [5.74, 6) is -1.78. The lowest BCUT2D eigenvalue weighted by atomic mass is 9.81. The van der Waals surface area contributed by atoms with Gasteiger partial charge in [-0.3, -0.25) is 9.59 Å². The minimum atomic E-state index is -6.22. The van der Waals surface area contributed by atoms with Gasteiger partial charge in [-0.25, -0.2) is 0 Å². The van der Waals surface area contributed by atoms with Crippen LogP contribution in [0.4, 0.5) is 13.2 Å². The molecular formula is C25H28F3NO5S. The van der Waals surface area contributed by atoms with E-state index >= 15 is 0 Å². The van der Waals surface area contributed by atoms with E-state index in [1.807, 2.05) is 26.8 Å². The topological polar surface area (TPSA) is 80.8 Å². The first kappa shape index (κ1) is 25.6. The maximum atomic E-state index is 13.1. The molecular weight excluding hydrogens is 483 g/mol. The quantitative estimate of drug-likeness (QED) is 0.350. The Kier molecular flexibility index (Phi) is 6.51. The molecule has 0 atom stereocenters. The number of amides is 2. The largest absolute Gasteiger partial charge is 0.525 e. The molecule has 190 valence electrons. The Morgan fingerprint density at radius 1 is 1.00 bits per heavy atom. The lowest BCUT2D eigenvalue weighted by Gasteiger charge is -2.29. The van der Waals surface area contributed by atoms with Crippen LogP contribution in [0.1, 0.15) is 91.1 Å². The minimum Gasteiger partial charge on any atom is -0.266 e. The highest BCUT2D eigenvalue weighted by Crippen LogP contribution is 2.38. The third-order valence-corrected chi connectivity index (χ3v) is 7.80. The van der Waals surface area contributed by atoms with Crippen molar-refractivity contribution in [2.45, 2.75) is 76.6 Å². The molecule has 2 aromatic rings. The van der Waals surface area contributed by atoms with Crippen LogP contribution < -0.4 is 0 Å². The number of benzene rings is 2. The van der Waals surface area contributed by atoms with Crippen LogP contribution in [-0.4, -0.2) is 30.8 Å². The van der Waals surface area contributed by atoms with Crippen molar-refractivity contribution < 1.29 is 35.5 Å². The average Bonchev–Trinajstić information content (AvgIpc) is 3.27. The minimum absolute atomic E-state index is 0.0583. The van der Waals surface area contributed by atoms with Gasteiger partial charge in [0, 0.05) is 5.39 Å². The van der Waals surface area contributed by atoms with Crippen LogP contribution in [0.15, 0.2) is 24.3 Å². The second-order valence-electron chi connectivity index (χ2n) is 10.4. The van der Waals surface area contributed by atoms with Crippen molar-refractivity contribution in [2.24, 2.45) is 5.92 Å². The normalized spacial score (nSPS) is 17.6. The van der Waals surface area contributed by atoms with Crippen molar-refractivity contribution in [3.05, 3.63) is 46.5 Å². The number of alkyl halides is 3. The molecule has 0 N–H and O–H groups in total. The maximum Gasteiger partial charge on any atom is 0.525 e. The van der Waals surface area contributed by atoms with Crippen molar-refractivity contribution in [2.75, 3.05) is 0 Å². The highest BCUT2D eigenvalue weighted by Gasteiger charge is 2.51. The van der Waals surface area contributed by atoms with Gasteiger partial charge in [-0.1, -0.05) is 65.0 Å². The molecule has 0 spiro atoms. The van der Waals surface area contributed by atoms with E-state index in [9.17, 15) is 31.2 Å². The van der Waals surface area contributed by atoms with Crippen LogP contribution in [0.25, 0.3) is 10.8 Å². The fraction of sp³-hybridized carbons (Fsp3) is 0.520. The molecule has 0 aromatic heterocycles. The van der Waals surface area contributed by atoms with Crippen LogP contribution in [-0.2, 0) is 26.2 Å². The van der Waals surface area contributed by atoms with Crippen LogP contribution in [0.2, 0.25) is 0 Å². The van der Waals surface area contributed by atoms with Gasteiger partial charge in [0.2, 0.25) is 0 Å². The summed E-state index contributed by atoms with van der Waals surface area (Å²) in [6, 6.07) is 6.57. The molecule has 6 nitrogen and oxygen atoms in total. The first-order valence-electron chi connectivity index (χ1n) is 11.7. The van der Waals surface area contributed by atoms with Gasteiger partial charge >= 0.3 is 15.6 Å². The van der Waals surface area contributed by atoms with Crippen LogP contribution in [0.3, 0.4) is 0 Å². The average molecular weight is 512 g/mol. The third-order valence-electron chi connectivity index (χ3n) is 6.89. The molecule has 1 heterocycles. The summed E-state index contributed by atoms with van der Waals surface area (Å²) in [4.78, 5) is 26.1. The fourth-order valence-electron chi connectivity index (χ4n) is 4.94. The second kappa shape index (κ2) is 8.89. The maximum absolute atomic E-state index is 13.1. The Bertz CT molecular complexity index is 1290. The summed E-state index contributed by atoms with van der Waals surface area (Å²) in [6.07, 6.45) is 7.74. The van der Waals surface area contributed by atoms with Gasteiger partial charge in [0.15, 0.2) is 0 Å². The summed E-state index contributed by atoms with van der Waals surface area (Å²) in [5, 5.41) is 0.693. The predicted molar refractivity (Wildman–Crippen MR) is 124 cm³/mol. The number of carbonyl (C=O) groups is 2. The standard InChI is InChI=1S/C25H28F3NO5S/c1-24(2,3)17-13-19-16(10-6-9-15-7-4-5-8-15)11-12-18-21(19)20(14-17)23(31)29(22(18)30)34-35(32,33)25(26,27)28/h11-15H,4-10H2,1-3H3. The van der Waals surface area contributed by atoms with Crippen molar-refractivity contribution >= 4 is 32.7 Å². The number of hydrogen-bond acceptors (Lipinski definition) is 5. The number of rotatable bonds is 6. The number of hydroxylamine groups is 2. The number of carbonyl (C=O) groups excluding carboxylic acids is 2. The highest BCUT2D eigenvalue weighted by atomic mass is 32.2. The van der Waals surface area contributed by atoms with Crippen LogP contribution in [0.5, 0.6) is 0 Å². The molecule has 2 amide bonds. The van der Waals surface area contributed by atoms with Gasteiger partial charge in [-0.2, -0.15) is 21.6 Å². The molecule has 1 aliphatic carbocycles. The van der Waals surface area contributed by atoms with E-state index in [0.29, 0.717) is 16.7 Å². The van der Waals surface area contributed by atoms with Gasteiger partial charge in [0.25, 0.3) is 11.8 Å². The summed E-state index contributed by atoms with van der Waals surface area (Å²) in [6.45, 7) is 5.77. The third kappa shape index (κ3) is 4.82. The molecule has 2 aromatic carbocycles. The number of nitrogens with zero attached hydrogens (tertiary/aromatic N) is 1. The van der Waals surface area contributed by atoms with E-state index in [1.54, 1.807) is 6.07 Å². The number of hydrogen-bond donors (Lipinski definition) is 0. The Balaban J connectivity index is 1.79. The van der Waals surface area contributed by atoms with E-state index < -0.39 is 32.9 Å². The number of aryl methyl sites for hydroxylation is 1. The van der Waals surface area contributed by atoms with E-state index in [2.05, 4.69) is 4.28 Å². The summed E-state index contributed by atoms with van der Waals surface area (Å²) >= 11 is 0. The zero-order chi connectivity index (χ0) is 25.8. The SMILES string of the molecule is CC(C)(C)c1cc2c3c(ccc(CCCC4CCCC4)c3c1)C(=O)N(OS(=O)(=O)C(F)(F)F)C2=O. The van der Waals surface area contributed by atoms with Crippen LogP contribution in [0, 0.1) is 5.92 Å². The van der Waals surface area contributed by atoms with Gasteiger partial charge in [-0.05, 0) is 52.8 Å². The first-order chi connectivity index (χ1) is 16.2. The Morgan fingerprint density at radius 3 is 2.23 bits per heavy atom. The van der Waals surface area contributed by atoms with Crippen LogP contribution >= 0.6 is 0 Å². The fourth-order valence-corrected chi connectivity index (χ4v) is 5.36. The highest BCUT2D eigenvalue weighted by molar-refractivity contribution is 7.87. The molecule has 0 bridgehead atoms. The van der Waals surface area contributed by atoms with E-state index in [1.165, 1.54) is 37.8 Å². The molecule has 0 unspecified atom stereocenters. The molecule has 0 radical (unpaired) electrons. The lowest BCUT2D eigenvalue weighted by Crippen LogP contribution is -2.44. The number of halogens is 3. The van der Waals surface area contributed by atoms with Gasteiger partial charge in [0.1, 0.15) is 0 Å². The molecule has 1 fully saturated rings. The lowest BCUT2D eigenvalue weighted by molar-refractivity contribution is -0.0761. The smallest absolute Gasteiger partial charge is 0.266 e. The van der Waals surface area contributed by atoms with Crippen molar-refractivity contribution in [1.82, 2.24) is 5.06 Å². The Labute approximate surface area is 202 Å². The molecule has 0 saturated heterocycles. The predicted octanol–water partition coefficient (Wildman–Crippen LogP) is 6.03. The van der Waals surface area contributed by atoms with Crippen molar-refractivity contribution in [3.8, 4) is 0 Å². The van der Waals surface area contributed by atoms with Crippen molar-refractivity contribution in [3.63, 3.8) is 0 Å². The number of imide groups is 1. The second-order valence-corrected chi connectivity index (χ2v) is 11.9. The van der Waals surface area contributed by atoms with Crippen molar-refractivity contribution in [1.29, 1.82) is 0 Å². The molecule has 1 saturated carbocycles. The summed E-state index contributed by atoms with van der Waals surface area (Å²) in [7, 11) is -6.22. The molecule has 4 rings (SSSR count). The monoisotopic (exact) mass is 511 g/mol.